The van der Waals surface area contributed by atoms with Crippen molar-refractivity contribution in [1.82, 2.24) is 0 Å². The van der Waals surface area contributed by atoms with E-state index in [1.807, 2.05) is 42.5 Å². The number of carbonyl (C=O) groups is 2. The first-order valence-corrected chi connectivity index (χ1v) is 9.87. The summed E-state index contributed by atoms with van der Waals surface area (Å²) in [6.07, 6.45) is 3.30. The van der Waals surface area contributed by atoms with Crippen LogP contribution in [0.15, 0.2) is 72.8 Å². The van der Waals surface area contributed by atoms with Crippen molar-refractivity contribution in [2.24, 2.45) is 0 Å². The van der Waals surface area contributed by atoms with E-state index in [1.165, 1.54) is 19.3 Å². The number of hydrogen-bond acceptors (Lipinski definition) is 4. The van der Waals surface area contributed by atoms with Crippen LogP contribution in [0, 0.1) is 0 Å². The summed E-state index contributed by atoms with van der Waals surface area (Å²) in [5.74, 6) is 0.0400. The molecule has 0 fully saturated rings. The van der Waals surface area contributed by atoms with Gasteiger partial charge in [-0.05, 0) is 41.0 Å². The Labute approximate surface area is 180 Å². The van der Waals surface area contributed by atoms with Crippen LogP contribution in [0.5, 0.6) is 11.5 Å². The van der Waals surface area contributed by atoms with Crippen molar-refractivity contribution in [2.45, 2.75) is 13.0 Å². The maximum atomic E-state index is 12.6. The molecule has 6 heteroatoms. The summed E-state index contributed by atoms with van der Waals surface area (Å²) in [4.78, 5) is 26.9. The molecule has 1 aliphatic rings. The fourth-order valence-corrected chi connectivity index (χ4v) is 3.63. The van der Waals surface area contributed by atoms with Gasteiger partial charge in [-0.3, -0.25) is 9.59 Å². The van der Waals surface area contributed by atoms with E-state index < -0.39 is 0 Å². The Bertz CT molecular complexity index is 1160. The number of para-hydroxylation sites is 1. The minimum absolute atomic E-state index is 0.000929. The van der Waals surface area contributed by atoms with Gasteiger partial charge in [-0.15, -0.1) is 0 Å². The monoisotopic (exact) mass is 414 g/mol. The fraction of sp³-hybridized carbons (Fsp3) is 0.120. The van der Waals surface area contributed by atoms with Crippen LogP contribution in [0.4, 0.5) is 11.4 Å². The van der Waals surface area contributed by atoms with Gasteiger partial charge in [-0.25, -0.2) is 0 Å². The minimum Gasteiger partial charge on any atom is -0.504 e. The topological polar surface area (TPSA) is 78.9 Å². The third-order valence-electron chi connectivity index (χ3n) is 5.10. The van der Waals surface area contributed by atoms with Gasteiger partial charge in [0.1, 0.15) is 0 Å². The van der Waals surface area contributed by atoms with E-state index in [4.69, 9.17) is 4.74 Å². The zero-order valence-corrected chi connectivity index (χ0v) is 17.0. The van der Waals surface area contributed by atoms with E-state index in [0.29, 0.717) is 30.0 Å². The number of nitrogens with zero attached hydrogens (tertiary/aromatic N) is 1. The number of phenolic OH excluding ortho intramolecular Hbond substituents is 1. The number of ether oxygens (including phenoxy) is 1. The number of fused-ring (bicyclic) bond motifs is 1. The van der Waals surface area contributed by atoms with Crippen LogP contribution >= 0.6 is 0 Å². The third-order valence-corrected chi connectivity index (χ3v) is 5.10. The number of rotatable bonds is 6. The van der Waals surface area contributed by atoms with Gasteiger partial charge >= 0.3 is 0 Å². The number of amides is 2. The van der Waals surface area contributed by atoms with Crippen molar-refractivity contribution in [2.75, 3.05) is 17.3 Å². The quantitative estimate of drug-likeness (QED) is 0.594. The number of phenols is 1. The van der Waals surface area contributed by atoms with Crippen LogP contribution in [0.25, 0.3) is 6.08 Å². The second kappa shape index (κ2) is 8.75. The molecule has 2 N–H and O–H groups in total. The molecule has 3 aromatic carbocycles. The van der Waals surface area contributed by atoms with E-state index >= 15 is 0 Å². The molecule has 4 rings (SSSR count). The number of anilines is 2. The second-order valence-electron chi connectivity index (χ2n) is 7.21. The Morgan fingerprint density at radius 3 is 2.68 bits per heavy atom. The highest BCUT2D eigenvalue weighted by Crippen LogP contribution is 2.37. The number of hydrogen-bond donors (Lipinski definition) is 2. The maximum absolute atomic E-state index is 12.6. The lowest BCUT2D eigenvalue weighted by molar-refractivity contribution is -0.117. The van der Waals surface area contributed by atoms with E-state index in [1.54, 1.807) is 29.2 Å². The lowest BCUT2D eigenvalue weighted by Gasteiger charge is -2.20. The molecule has 0 aromatic heterocycles. The van der Waals surface area contributed by atoms with Gasteiger partial charge in [0, 0.05) is 6.08 Å². The summed E-state index contributed by atoms with van der Waals surface area (Å²) in [6, 6.07) is 20.2. The first-order valence-electron chi connectivity index (χ1n) is 9.87. The summed E-state index contributed by atoms with van der Waals surface area (Å²) < 4.78 is 5.02. The number of methoxy groups -OCH3 is 1. The highest BCUT2D eigenvalue weighted by atomic mass is 16.5. The van der Waals surface area contributed by atoms with Gasteiger partial charge in [0.25, 0.3) is 0 Å². The summed E-state index contributed by atoms with van der Waals surface area (Å²) in [6.45, 7) is 0.445. The molecule has 0 atom stereocenters. The minimum atomic E-state index is -0.331. The SMILES string of the molecule is COc1ccc(/C=C/C(=O)Nc2cccc3c2N(Cc2ccccc2)C(=O)C3)cc1O. The first kappa shape index (κ1) is 20.2. The average molecular weight is 414 g/mol. The largest absolute Gasteiger partial charge is 0.504 e. The summed E-state index contributed by atoms with van der Waals surface area (Å²) >= 11 is 0. The molecule has 0 saturated heterocycles. The van der Waals surface area contributed by atoms with Gasteiger partial charge in [0.2, 0.25) is 11.8 Å². The van der Waals surface area contributed by atoms with Crippen molar-refractivity contribution in [1.29, 1.82) is 0 Å². The molecule has 1 aliphatic heterocycles. The molecule has 3 aromatic rings. The first-order chi connectivity index (χ1) is 15.0. The van der Waals surface area contributed by atoms with Gasteiger partial charge in [-0.1, -0.05) is 48.5 Å². The highest BCUT2D eigenvalue weighted by Gasteiger charge is 2.30. The molecule has 6 nitrogen and oxygen atoms in total. The number of aromatic hydroxyl groups is 1. The van der Waals surface area contributed by atoms with Crippen molar-refractivity contribution < 1.29 is 19.4 Å². The van der Waals surface area contributed by atoms with Gasteiger partial charge in [0.15, 0.2) is 11.5 Å². The molecule has 0 spiro atoms. The highest BCUT2D eigenvalue weighted by molar-refractivity contribution is 6.09. The lowest BCUT2D eigenvalue weighted by Crippen LogP contribution is -2.27. The normalized spacial score (nSPS) is 12.8. The predicted molar refractivity (Wildman–Crippen MR) is 120 cm³/mol. The molecule has 156 valence electrons. The van der Waals surface area contributed by atoms with Gasteiger partial charge < -0.3 is 20.1 Å². The Kier molecular flexibility index (Phi) is 5.71. The van der Waals surface area contributed by atoms with Crippen molar-refractivity contribution >= 4 is 29.3 Å². The standard InChI is InChI=1S/C25H22N2O4/c1-31-22-12-10-17(14-21(22)28)11-13-23(29)26-20-9-5-8-19-15-24(30)27(25(19)20)16-18-6-3-2-4-7-18/h2-14,28H,15-16H2,1H3,(H,26,29)/b13-11+. The van der Waals surface area contributed by atoms with Crippen molar-refractivity contribution in [3.05, 3.63) is 89.5 Å². The summed E-state index contributed by atoms with van der Waals surface area (Å²) in [7, 11) is 1.47. The Hall–Kier alpha value is -4.06. The van der Waals surface area contributed by atoms with E-state index in [-0.39, 0.29) is 17.6 Å². The molecule has 0 radical (unpaired) electrons. The van der Waals surface area contributed by atoms with Crippen molar-refractivity contribution in [3.8, 4) is 11.5 Å². The van der Waals surface area contributed by atoms with Crippen LogP contribution in [0.1, 0.15) is 16.7 Å². The number of nitrogens with one attached hydrogen (secondary N) is 1. The predicted octanol–water partition coefficient (Wildman–Crippen LogP) is 4.14. The molecule has 31 heavy (non-hydrogen) atoms. The molecule has 0 bridgehead atoms. The Morgan fingerprint density at radius 1 is 1.13 bits per heavy atom. The summed E-state index contributed by atoms with van der Waals surface area (Å²) in [5, 5.41) is 12.8. The maximum Gasteiger partial charge on any atom is 0.248 e. The van der Waals surface area contributed by atoms with Crippen molar-refractivity contribution in [3.63, 3.8) is 0 Å². The van der Waals surface area contributed by atoms with E-state index in [9.17, 15) is 14.7 Å². The Balaban J connectivity index is 1.53. The van der Waals surface area contributed by atoms with Crippen LogP contribution in [-0.2, 0) is 22.6 Å². The van der Waals surface area contributed by atoms with Crippen LogP contribution in [0.2, 0.25) is 0 Å². The molecule has 0 aliphatic carbocycles. The zero-order chi connectivity index (χ0) is 21.8. The van der Waals surface area contributed by atoms with Crippen LogP contribution < -0.4 is 15.0 Å². The van der Waals surface area contributed by atoms with E-state index in [2.05, 4.69) is 5.32 Å². The number of carbonyl (C=O) groups excluding carboxylic acids is 2. The zero-order valence-electron chi connectivity index (χ0n) is 17.0. The average Bonchev–Trinajstić information content (AvgIpc) is 3.09. The van der Waals surface area contributed by atoms with Crippen LogP contribution in [0.3, 0.4) is 0 Å². The fourth-order valence-electron chi connectivity index (χ4n) is 3.63. The molecule has 0 unspecified atom stereocenters. The molecular weight excluding hydrogens is 392 g/mol. The molecule has 1 heterocycles. The number of benzene rings is 3. The van der Waals surface area contributed by atoms with Gasteiger partial charge in [0.05, 0.1) is 31.5 Å². The Morgan fingerprint density at radius 2 is 1.94 bits per heavy atom. The van der Waals surface area contributed by atoms with E-state index in [0.717, 1.165) is 16.8 Å². The molecular formula is C25H22N2O4. The lowest BCUT2D eigenvalue weighted by atomic mass is 10.1. The third kappa shape index (κ3) is 4.43. The molecule has 2 amide bonds. The second-order valence-corrected chi connectivity index (χ2v) is 7.21. The molecule has 0 saturated carbocycles. The summed E-state index contributed by atoms with van der Waals surface area (Å²) in [5.41, 5.74) is 3.89. The van der Waals surface area contributed by atoms with Gasteiger partial charge in [-0.2, -0.15) is 0 Å². The van der Waals surface area contributed by atoms with Crippen LogP contribution in [-0.4, -0.2) is 24.0 Å². The smallest absolute Gasteiger partial charge is 0.248 e.